The highest BCUT2D eigenvalue weighted by molar-refractivity contribution is 5.85. The van der Waals surface area contributed by atoms with Gasteiger partial charge in [0.05, 0.1) is 0 Å². The summed E-state index contributed by atoms with van der Waals surface area (Å²) < 4.78 is 13.5. The minimum absolute atomic E-state index is 0. The fourth-order valence-corrected chi connectivity index (χ4v) is 7.01. The predicted octanol–water partition coefficient (Wildman–Crippen LogP) is 5.95. The molecule has 1 heterocycles. The Hall–Kier alpha value is -1.38. The van der Waals surface area contributed by atoms with Crippen LogP contribution in [-0.2, 0) is 12.1 Å². The minimum Gasteiger partial charge on any atom is -0.302 e. The quantitative estimate of drug-likeness (QED) is 0.618. The van der Waals surface area contributed by atoms with E-state index >= 15 is 0 Å². The maximum atomic E-state index is 13.5. The smallest absolute Gasteiger partial charge is 0.115 e. The lowest BCUT2D eigenvalue weighted by Gasteiger charge is -2.37. The normalized spacial score (nSPS) is 30.6. The van der Waals surface area contributed by atoms with Crippen LogP contribution >= 0.6 is 12.4 Å². The zero-order chi connectivity index (χ0) is 18.0. The predicted molar refractivity (Wildman–Crippen MR) is 114 cm³/mol. The van der Waals surface area contributed by atoms with Crippen molar-refractivity contribution in [3.63, 3.8) is 0 Å². The van der Waals surface area contributed by atoms with Gasteiger partial charge in [-0.15, -0.1) is 12.4 Å². The third kappa shape index (κ3) is 2.53. The van der Waals surface area contributed by atoms with Crippen molar-refractivity contribution in [1.29, 1.82) is 0 Å². The first-order valence-corrected chi connectivity index (χ1v) is 10.8. The summed E-state index contributed by atoms with van der Waals surface area (Å²) >= 11 is 0. The van der Waals surface area contributed by atoms with E-state index in [9.17, 15) is 4.39 Å². The van der Waals surface area contributed by atoms with Crippen molar-refractivity contribution < 1.29 is 4.39 Å². The van der Waals surface area contributed by atoms with Crippen molar-refractivity contribution in [1.82, 2.24) is 4.90 Å². The van der Waals surface area contributed by atoms with E-state index in [-0.39, 0.29) is 24.5 Å². The first-order chi connectivity index (χ1) is 13.3. The summed E-state index contributed by atoms with van der Waals surface area (Å²) in [6, 6.07) is 15.6. The van der Waals surface area contributed by atoms with Crippen molar-refractivity contribution in [3.8, 4) is 0 Å². The lowest BCUT2D eigenvalue weighted by Crippen LogP contribution is -2.35. The van der Waals surface area contributed by atoms with Gasteiger partial charge in [-0.05, 0) is 53.0 Å². The highest BCUT2D eigenvalue weighted by atomic mass is 35.5. The molecule has 2 aromatic rings. The first-order valence-electron chi connectivity index (χ1n) is 10.8. The Kier molecular flexibility index (Phi) is 4.56. The van der Waals surface area contributed by atoms with E-state index in [2.05, 4.69) is 41.3 Å². The van der Waals surface area contributed by atoms with Crippen LogP contribution in [0.15, 0.2) is 42.5 Å². The molecule has 6 rings (SSSR count). The summed E-state index contributed by atoms with van der Waals surface area (Å²) in [5.41, 5.74) is 7.11. The molecular weight excluding hydrogens is 369 g/mol. The molecule has 3 unspecified atom stereocenters. The molecule has 3 aliphatic carbocycles. The number of rotatable bonds is 3. The maximum Gasteiger partial charge on any atom is 0.115 e. The average molecular weight is 398 g/mol. The molecule has 1 aliphatic heterocycles. The van der Waals surface area contributed by atoms with Gasteiger partial charge in [0.25, 0.3) is 0 Å². The van der Waals surface area contributed by atoms with Crippen LogP contribution in [0.2, 0.25) is 0 Å². The average Bonchev–Trinajstić information content (AvgIpc) is 3.41. The van der Waals surface area contributed by atoms with Gasteiger partial charge in [-0.1, -0.05) is 55.3 Å². The van der Waals surface area contributed by atoms with Gasteiger partial charge in [-0.25, -0.2) is 4.39 Å². The topological polar surface area (TPSA) is 3.24 Å². The Morgan fingerprint density at radius 1 is 1.00 bits per heavy atom. The van der Waals surface area contributed by atoms with Crippen molar-refractivity contribution in [2.75, 3.05) is 19.6 Å². The lowest BCUT2D eigenvalue weighted by molar-refractivity contribution is 0.260. The Balaban J connectivity index is 0.00000171. The Bertz CT molecular complexity index is 890. The molecule has 1 spiro atoms. The fourth-order valence-electron chi connectivity index (χ4n) is 7.01. The molecule has 1 nitrogen and oxygen atoms in total. The van der Waals surface area contributed by atoms with E-state index in [1.807, 2.05) is 6.07 Å². The first kappa shape index (κ1) is 18.6. The zero-order valence-electron chi connectivity index (χ0n) is 16.4. The van der Waals surface area contributed by atoms with E-state index in [4.69, 9.17) is 0 Å². The van der Waals surface area contributed by atoms with Gasteiger partial charge in [0.2, 0.25) is 0 Å². The van der Waals surface area contributed by atoms with Gasteiger partial charge >= 0.3 is 0 Å². The summed E-state index contributed by atoms with van der Waals surface area (Å²) in [7, 11) is 0. The van der Waals surface area contributed by atoms with Gasteiger partial charge in [0.1, 0.15) is 6.67 Å². The molecule has 4 aliphatic rings. The number of fused-ring (bicyclic) bond motifs is 3. The molecule has 0 amide bonds. The van der Waals surface area contributed by atoms with Gasteiger partial charge in [0.15, 0.2) is 0 Å². The molecule has 148 valence electrons. The van der Waals surface area contributed by atoms with Crippen molar-refractivity contribution in [3.05, 3.63) is 70.3 Å². The number of halogens is 2. The van der Waals surface area contributed by atoms with Crippen molar-refractivity contribution in [2.24, 2.45) is 5.92 Å². The van der Waals surface area contributed by atoms with Crippen LogP contribution in [0.5, 0.6) is 0 Å². The molecule has 0 N–H and O–H groups in total. The highest BCUT2D eigenvalue weighted by Gasteiger charge is 2.58. The summed E-state index contributed by atoms with van der Waals surface area (Å²) in [5.74, 6) is 1.97. The largest absolute Gasteiger partial charge is 0.302 e. The lowest BCUT2D eigenvalue weighted by atomic mass is 9.65. The molecular formula is C25H29ClFN. The van der Waals surface area contributed by atoms with E-state index in [1.54, 1.807) is 5.56 Å². The second-order valence-electron chi connectivity index (χ2n) is 9.49. The number of likely N-dealkylation sites (tertiary alicyclic amines) is 1. The number of hydrogen-bond acceptors (Lipinski definition) is 1. The van der Waals surface area contributed by atoms with Gasteiger partial charge in [-0.3, -0.25) is 0 Å². The fraction of sp³-hybridized carbons (Fsp3) is 0.520. The molecule has 3 heteroatoms. The van der Waals surface area contributed by atoms with Gasteiger partial charge < -0.3 is 4.90 Å². The number of alkyl halides is 1. The summed E-state index contributed by atoms with van der Waals surface area (Å²) in [6.45, 7) is 3.27. The monoisotopic (exact) mass is 397 g/mol. The van der Waals surface area contributed by atoms with Crippen molar-refractivity contribution >= 4 is 12.4 Å². The standard InChI is InChI=1S/C25H28FN.ClH/c26-13-18-9-10-21-22-12-25(23(21)11-18)16-27(14-17-5-1-2-6-17)15-24(25)20-8-4-3-7-19(20)22;/h3-4,7-11,17,22,24H,1-2,5-6,12-16H2;1H. The zero-order valence-corrected chi connectivity index (χ0v) is 17.2. The van der Waals surface area contributed by atoms with E-state index in [1.165, 1.54) is 68.4 Å². The van der Waals surface area contributed by atoms with Gasteiger partial charge in [-0.2, -0.15) is 0 Å². The second kappa shape index (κ2) is 6.85. The van der Waals surface area contributed by atoms with Crippen LogP contribution in [0.3, 0.4) is 0 Å². The van der Waals surface area contributed by atoms with Crippen LogP contribution < -0.4 is 0 Å². The van der Waals surface area contributed by atoms with Crippen LogP contribution in [0.1, 0.15) is 71.8 Å². The van der Waals surface area contributed by atoms with Crippen LogP contribution in [0, 0.1) is 5.92 Å². The molecule has 2 bridgehead atoms. The Morgan fingerprint density at radius 3 is 2.57 bits per heavy atom. The minimum atomic E-state index is -0.350. The number of hydrogen-bond donors (Lipinski definition) is 0. The number of benzene rings is 2. The molecule has 2 aromatic carbocycles. The van der Waals surface area contributed by atoms with Crippen LogP contribution in [-0.4, -0.2) is 24.5 Å². The Labute approximate surface area is 173 Å². The van der Waals surface area contributed by atoms with Crippen LogP contribution in [0.25, 0.3) is 0 Å². The summed E-state index contributed by atoms with van der Waals surface area (Å²) in [4.78, 5) is 2.76. The van der Waals surface area contributed by atoms with E-state index in [0.29, 0.717) is 11.8 Å². The molecule has 0 aromatic heterocycles. The maximum absolute atomic E-state index is 13.5. The van der Waals surface area contributed by atoms with E-state index < -0.39 is 0 Å². The third-order valence-electron chi connectivity index (χ3n) is 8.10. The molecule has 1 saturated heterocycles. The Morgan fingerprint density at radius 2 is 1.79 bits per heavy atom. The van der Waals surface area contributed by atoms with Gasteiger partial charge in [0, 0.05) is 36.9 Å². The molecule has 28 heavy (non-hydrogen) atoms. The third-order valence-corrected chi connectivity index (χ3v) is 8.10. The molecule has 3 atom stereocenters. The SMILES string of the molecule is Cl.FCc1ccc2c(c1)C13CC2c2ccccc2C1CN(CC1CCCC1)C3. The summed E-state index contributed by atoms with van der Waals surface area (Å²) in [6.07, 6.45) is 6.88. The van der Waals surface area contributed by atoms with Crippen LogP contribution in [0.4, 0.5) is 4.39 Å². The van der Waals surface area contributed by atoms with Crippen molar-refractivity contribution in [2.45, 2.75) is 56.0 Å². The summed E-state index contributed by atoms with van der Waals surface area (Å²) in [5, 5.41) is 0. The molecule has 1 saturated carbocycles. The second-order valence-corrected chi connectivity index (χ2v) is 9.49. The molecule has 2 fully saturated rings. The van der Waals surface area contributed by atoms with E-state index in [0.717, 1.165) is 11.5 Å². The molecule has 0 radical (unpaired) electrons. The highest BCUT2D eigenvalue weighted by Crippen LogP contribution is 2.63. The number of nitrogens with zero attached hydrogens (tertiary/aromatic N) is 1.